The number of carboxylic acid groups (broad SMARTS) is 1. The van der Waals surface area contributed by atoms with Crippen molar-refractivity contribution in [1.82, 2.24) is 4.57 Å². The van der Waals surface area contributed by atoms with E-state index in [1.807, 2.05) is 13.8 Å². The minimum absolute atomic E-state index is 0.00479. The molecule has 1 atom stereocenters. The molecule has 0 unspecified atom stereocenters. The number of fused-ring (bicyclic) bond motifs is 3. The molecule has 1 N–H and O–H groups in total. The summed E-state index contributed by atoms with van der Waals surface area (Å²) >= 11 is 0. The molecule has 8 heteroatoms. The van der Waals surface area contributed by atoms with E-state index in [2.05, 4.69) is 0 Å². The van der Waals surface area contributed by atoms with E-state index in [1.54, 1.807) is 7.11 Å². The molecule has 4 rings (SSSR count). The van der Waals surface area contributed by atoms with Crippen LogP contribution in [-0.4, -0.2) is 36.0 Å². The SMILES string of the molecule is COCCCOc1cc2c(cc1F)-c1c(cc(C(=O)O)c(=O)n1C1CC1)[C@H](C(C)C)O2. The highest BCUT2D eigenvalue weighted by Crippen LogP contribution is 2.49. The molecule has 0 radical (unpaired) electrons. The fourth-order valence-electron chi connectivity index (χ4n) is 4.00. The standard InChI is InChI=1S/C23H26FNO6/c1-12(2)21-15-9-16(23(27)28)22(26)25(13-5-6-13)20(15)14-10-17(24)19(11-18(14)31-21)30-8-4-7-29-3/h9-13,21H,4-8H2,1-3H3,(H,27,28)/t21-/m0/s1. The van der Waals surface area contributed by atoms with Crippen LogP contribution in [0.2, 0.25) is 0 Å². The fourth-order valence-corrected chi connectivity index (χ4v) is 4.00. The van der Waals surface area contributed by atoms with E-state index in [4.69, 9.17) is 14.2 Å². The number of methoxy groups -OCH3 is 1. The number of aromatic carboxylic acids is 1. The number of hydrogen-bond donors (Lipinski definition) is 1. The first-order valence-corrected chi connectivity index (χ1v) is 10.5. The zero-order chi connectivity index (χ0) is 22.3. The molecule has 1 saturated carbocycles. The minimum atomic E-state index is -1.28. The molecule has 1 aliphatic carbocycles. The molecule has 1 aromatic heterocycles. The third-order valence-corrected chi connectivity index (χ3v) is 5.61. The van der Waals surface area contributed by atoms with Gasteiger partial charge in [0.2, 0.25) is 0 Å². The summed E-state index contributed by atoms with van der Waals surface area (Å²) in [5.41, 5.74) is 0.725. The molecule has 1 aliphatic heterocycles. The number of nitrogens with zero attached hydrogens (tertiary/aromatic N) is 1. The average Bonchev–Trinajstić information content (AvgIpc) is 3.55. The lowest BCUT2D eigenvalue weighted by Gasteiger charge is -2.33. The number of ether oxygens (including phenoxy) is 3. The van der Waals surface area contributed by atoms with Crippen molar-refractivity contribution in [2.75, 3.05) is 20.3 Å². The van der Waals surface area contributed by atoms with Crippen LogP contribution in [-0.2, 0) is 4.74 Å². The van der Waals surface area contributed by atoms with Gasteiger partial charge in [0.25, 0.3) is 5.56 Å². The Hall–Kier alpha value is -2.87. The van der Waals surface area contributed by atoms with Crippen molar-refractivity contribution in [1.29, 1.82) is 0 Å². The number of carboxylic acids is 1. The van der Waals surface area contributed by atoms with Gasteiger partial charge in [0.1, 0.15) is 17.4 Å². The van der Waals surface area contributed by atoms with Gasteiger partial charge in [-0.1, -0.05) is 13.8 Å². The van der Waals surface area contributed by atoms with Crippen LogP contribution < -0.4 is 15.0 Å². The number of benzene rings is 1. The first-order valence-electron chi connectivity index (χ1n) is 10.5. The normalized spacial score (nSPS) is 17.1. The van der Waals surface area contributed by atoms with Gasteiger partial charge in [-0.3, -0.25) is 4.79 Å². The Bertz CT molecular complexity index is 1070. The lowest BCUT2D eigenvalue weighted by atomic mass is 9.90. The molecule has 0 saturated heterocycles. The van der Waals surface area contributed by atoms with Gasteiger partial charge in [-0.15, -0.1) is 0 Å². The number of rotatable bonds is 8. The molecule has 2 aliphatic rings. The number of hydrogen-bond acceptors (Lipinski definition) is 5. The van der Waals surface area contributed by atoms with E-state index in [0.29, 0.717) is 42.2 Å². The lowest BCUT2D eigenvalue weighted by molar-refractivity contribution is 0.0693. The highest BCUT2D eigenvalue weighted by Gasteiger charge is 2.38. The Balaban J connectivity index is 1.88. The van der Waals surface area contributed by atoms with E-state index in [0.717, 1.165) is 12.8 Å². The van der Waals surface area contributed by atoms with Gasteiger partial charge in [-0.25, -0.2) is 9.18 Å². The summed E-state index contributed by atoms with van der Waals surface area (Å²) < 4.78 is 33.2. The van der Waals surface area contributed by atoms with E-state index < -0.39 is 23.4 Å². The summed E-state index contributed by atoms with van der Waals surface area (Å²) in [5, 5.41) is 9.58. The Kier molecular flexibility index (Phi) is 5.75. The van der Waals surface area contributed by atoms with E-state index in [-0.39, 0.29) is 23.3 Å². The van der Waals surface area contributed by atoms with E-state index >= 15 is 0 Å². The summed E-state index contributed by atoms with van der Waals surface area (Å²) in [5.74, 6) is -1.35. The fraction of sp³-hybridized carbons (Fsp3) is 0.478. The number of aromatic nitrogens is 1. The summed E-state index contributed by atoms with van der Waals surface area (Å²) in [4.78, 5) is 24.7. The predicted octanol–water partition coefficient (Wildman–Crippen LogP) is 4.19. The van der Waals surface area contributed by atoms with Gasteiger partial charge in [-0.2, -0.15) is 0 Å². The maximum absolute atomic E-state index is 14.9. The number of halogens is 1. The maximum Gasteiger partial charge on any atom is 0.341 e. The van der Waals surface area contributed by atoms with Crippen LogP contribution in [0, 0.1) is 11.7 Å². The van der Waals surface area contributed by atoms with Crippen molar-refractivity contribution in [3.63, 3.8) is 0 Å². The molecule has 0 bridgehead atoms. The van der Waals surface area contributed by atoms with Gasteiger partial charge >= 0.3 is 5.97 Å². The molecule has 7 nitrogen and oxygen atoms in total. The molecule has 2 heterocycles. The van der Waals surface area contributed by atoms with Crippen molar-refractivity contribution >= 4 is 5.97 Å². The van der Waals surface area contributed by atoms with Crippen molar-refractivity contribution in [3.05, 3.63) is 45.5 Å². The molecule has 2 aromatic rings. The second kappa shape index (κ2) is 8.34. The smallest absolute Gasteiger partial charge is 0.341 e. The molecule has 1 fully saturated rings. The Morgan fingerprint density at radius 2 is 2.03 bits per heavy atom. The zero-order valence-corrected chi connectivity index (χ0v) is 17.8. The average molecular weight is 431 g/mol. The molecule has 1 aromatic carbocycles. The largest absolute Gasteiger partial charge is 0.490 e. The van der Waals surface area contributed by atoms with E-state index in [1.165, 1.54) is 22.8 Å². The topological polar surface area (TPSA) is 87.0 Å². The van der Waals surface area contributed by atoms with Crippen LogP contribution in [0.5, 0.6) is 11.5 Å². The van der Waals surface area contributed by atoms with Crippen LogP contribution in [0.25, 0.3) is 11.3 Å². The van der Waals surface area contributed by atoms with Crippen molar-refractivity contribution in [2.24, 2.45) is 5.92 Å². The third kappa shape index (κ3) is 3.92. The summed E-state index contributed by atoms with van der Waals surface area (Å²) in [6.45, 7) is 4.71. The second-order valence-corrected chi connectivity index (χ2v) is 8.33. The number of pyridine rings is 1. The van der Waals surface area contributed by atoms with Gasteiger partial charge in [0, 0.05) is 43.4 Å². The molecular formula is C23H26FNO6. The first kappa shape index (κ1) is 21.4. The summed E-state index contributed by atoms with van der Waals surface area (Å²) in [6, 6.07) is 4.13. The van der Waals surface area contributed by atoms with Crippen molar-refractivity contribution in [2.45, 2.75) is 45.3 Å². The second-order valence-electron chi connectivity index (χ2n) is 8.33. The van der Waals surface area contributed by atoms with Gasteiger partial charge < -0.3 is 23.9 Å². The molecule has 31 heavy (non-hydrogen) atoms. The summed E-state index contributed by atoms with van der Waals surface area (Å²) in [6.07, 6.45) is 1.70. The summed E-state index contributed by atoms with van der Waals surface area (Å²) in [7, 11) is 1.59. The molecule has 0 amide bonds. The van der Waals surface area contributed by atoms with Crippen LogP contribution in [0.4, 0.5) is 4.39 Å². The van der Waals surface area contributed by atoms with Crippen LogP contribution in [0.1, 0.15) is 61.2 Å². The molecule has 166 valence electrons. The van der Waals surface area contributed by atoms with Crippen molar-refractivity contribution in [3.8, 4) is 22.8 Å². The molecular weight excluding hydrogens is 405 g/mol. The Morgan fingerprint density at radius 3 is 2.65 bits per heavy atom. The van der Waals surface area contributed by atoms with Crippen LogP contribution in [0.3, 0.4) is 0 Å². The van der Waals surface area contributed by atoms with Gasteiger partial charge in [-0.05, 0) is 30.9 Å². The van der Waals surface area contributed by atoms with Gasteiger partial charge in [0.05, 0.1) is 12.3 Å². The molecule has 0 spiro atoms. The van der Waals surface area contributed by atoms with Crippen LogP contribution in [0.15, 0.2) is 23.0 Å². The quantitative estimate of drug-likeness (QED) is 0.631. The van der Waals surface area contributed by atoms with Crippen molar-refractivity contribution < 1.29 is 28.5 Å². The highest BCUT2D eigenvalue weighted by molar-refractivity contribution is 5.89. The highest BCUT2D eigenvalue weighted by atomic mass is 19.1. The first-order chi connectivity index (χ1) is 14.8. The predicted molar refractivity (Wildman–Crippen MR) is 112 cm³/mol. The zero-order valence-electron chi connectivity index (χ0n) is 17.8. The Morgan fingerprint density at radius 1 is 1.29 bits per heavy atom. The maximum atomic E-state index is 14.9. The monoisotopic (exact) mass is 431 g/mol. The Labute approximate surface area is 179 Å². The van der Waals surface area contributed by atoms with Crippen LogP contribution >= 0.6 is 0 Å². The lowest BCUT2D eigenvalue weighted by Crippen LogP contribution is -2.32. The van der Waals surface area contributed by atoms with Gasteiger partial charge in [0.15, 0.2) is 11.6 Å². The van der Waals surface area contributed by atoms with E-state index in [9.17, 15) is 19.1 Å². The number of carbonyl (C=O) groups is 1. The minimum Gasteiger partial charge on any atom is -0.490 e. The third-order valence-electron chi connectivity index (χ3n) is 5.61.